The van der Waals surface area contributed by atoms with Gasteiger partial charge < -0.3 is 9.47 Å². The number of anilines is 1. The molecule has 1 amide bonds. The summed E-state index contributed by atoms with van der Waals surface area (Å²) in [4.78, 5) is 25.7. The second kappa shape index (κ2) is 6.28. The third-order valence-corrected chi connectivity index (χ3v) is 3.30. The van der Waals surface area contributed by atoms with Gasteiger partial charge in [-0.15, -0.1) is 0 Å². The lowest BCUT2D eigenvalue weighted by atomic mass is 10.0. The highest BCUT2D eigenvalue weighted by molar-refractivity contribution is 6.05. The number of benzene rings is 2. The largest absolute Gasteiger partial charge is 0.465 e. The van der Waals surface area contributed by atoms with Gasteiger partial charge in [0.15, 0.2) is 0 Å². The fraction of sp³-hybridized carbons (Fsp3) is 0.333. The normalized spacial score (nSPS) is 11.2. The number of rotatable bonds is 2. The summed E-state index contributed by atoms with van der Waals surface area (Å²) < 4.78 is 10.2. The van der Waals surface area contributed by atoms with Crippen molar-refractivity contribution >= 4 is 28.5 Å². The molecule has 0 heterocycles. The molecular formula is C18H21NO4. The molecule has 0 atom stereocenters. The Labute approximate surface area is 135 Å². The Balaban J connectivity index is 2.52. The third kappa shape index (κ3) is 3.80. The van der Waals surface area contributed by atoms with Crippen LogP contribution in [0.3, 0.4) is 0 Å². The van der Waals surface area contributed by atoms with Crippen molar-refractivity contribution < 1.29 is 19.1 Å². The second-order valence-corrected chi connectivity index (χ2v) is 6.25. The zero-order valence-electron chi connectivity index (χ0n) is 14.0. The highest BCUT2D eigenvalue weighted by Gasteiger charge is 2.24. The molecule has 0 aliphatic heterocycles. The molecule has 0 unspecified atom stereocenters. The first-order chi connectivity index (χ1) is 10.7. The Morgan fingerprint density at radius 1 is 1.04 bits per heavy atom. The minimum Gasteiger partial charge on any atom is -0.465 e. The summed E-state index contributed by atoms with van der Waals surface area (Å²) >= 11 is 0. The molecule has 0 bridgehead atoms. The van der Waals surface area contributed by atoms with Crippen LogP contribution in [0, 0.1) is 0 Å². The van der Waals surface area contributed by atoms with Crippen LogP contribution in [-0.4, -0.2) is 31.8 Å². The van der Waals surface area contributed by atoms with Crippen molar-refractivity contribution in [2.75, 3.05) is 19.1 Å². The van der Waals surface area contributed by atoms with E-state index in [2.05, 4.69) is 0 Å². The fourth-order valence-corrected chi connectivity index (χ4v) is 2.21. The Bertz CT molecular complexity index is 746. The molecule has 2 rings (SSSR count). The van der Waals surface area contributed by atoms with Crippen molar-refractivity contribution in [1.82, 2.24) is 0 Å². The summed E-state index contributed by atoms with van der Waals surface area (Å²) in [5.41, 5.74) is 0.150. The van der Waals surface area contributed by atoms with Crippen molar-refractivity contribution in [3.63, 3.8) is 0 Å². The number of ether oxygens (including phenoxy) is 2. The van der Waals surface area contributed by atoms with Crippen molar-refractivity contribution in [3.05, 3.63) is 42.0 Å². The molecule has 23 heavy (non-hydrogen) atoms. The number of carbonyl (C=O) groups excluding carboxylic acids is 2. The second-order valence-electron chi connectivity index (χ2n) is 6.25. The van der Waals surface area contributed by atoms with E-state index in [1.165, 1.54) is 12.0 Å². The first-order valence-electron chi connectivity index (χ1n) is 7.31. The van der Waals surface area contributed by atoms with Crippen molar-refractivity contribution in [1.29, 1.82) is 0 Å². The van der Waals surface area contributed by atoms with E-state index < -0.39 is 17.7 Å². The van der Waals surface area contributed by atoms with Crippen LogP contribution in [-0.2, 0) is 9.47 Å². The zero-order valence-corrected chi connectivity index (χ0v) is 14.0. The van der Waals surface area contributed by atoms with Crippen LogP contribution in [0.25, 0.3) is 10.8 Å². The molecule has 5 nitrogen and oxygen atoms in total. The average molecular weight is 315 g/mol. The monoisotopic (exact) mass is 315 g/mol. The topological polar surface area (TPSA) is 55.8 Å². The lowest BCUT2D eigenvalue weighted by molar-refractivity contribution is 0.0587. The number of hydrogen-bond donors (Lipinski definition) is 0. The zero-order chi connectivity index (χ0) is 17.2. The number of nitrogens with zero attached hydrogens (tertiary/aromatic N) is 1. The summed E-state index contributed by atoms with van der Waals surface area (Å²) in [7, 11) is 2.89. The predicted molar refractivity (Wildman–Crippen MR) is 89.9 cm³/mol. The van der Waals surface area contributed by atoms with Crippen LogP contribution >= 0.6 is 0 Å². The molecule has 0 radical (unpaired) electrons. The number of carbonyl (C=O) groups is 2. The standard InChI is InChI=1S/C18H21NO4/c1-18(2,3)23-17(21)19(4)15-11-13-9-7-6-8-12(13)10-14(15)16(20)22-5/h6-11H,1-5H3. The Morgan fingerprint density at radius 3 is 2.13 bits per heavy atom. The number of fused-ring (bicyclic) bond motifs is 1. The lowest BCUT2D eigenvalue weighted by Crippen LogP contribution is -2.35. The molecule has 2 aromatic rings. The lowest BCUT2D eigenvalue weighted by Gasteiger charge is -2.26. The van der Waals surface area contributed by atoms with Crippen molar-refractivity contribution in [2.45, 2.75) is 26.4 Å². The summed E-state index contributed by atoms with van der Waals surface area (Å²) in [5.74, 6) is -0.499. The molecule has 122 valence electrons. The van der Waals surface area contributed by atoms with E-state index in [1.54, 1.807) is 40.0 Å². The van der Waals surface area contributed by atoms with E-state index >= 15 is 0 Å². The number of hydrogen-bond acceptors (Lipinski definition) is 4. The Kier molecular flexibility index (Phi) is 4.59. The van der Waals surface area contributed by atoms with Gasteiger partial charge in [-0.3, -0.25) is 4.90 Å². The molecular weight excluding hydrogens is 294 g/mol. The van der Waals surface area contributed by atoms with Crippen molar-refractivity contribution in [3.8, 4) is 0 Å². The van der Waals surface area contributed by atoms with E-state index in [9.17, 15) is 9.59 Å². The van der Waals surface area contributed by atoms with E-state index in [4.69, 9.17) is 9.47 Å². The number of methoxy groups -OCH3 is 1. The molecule has 5 heteroatoms. The molecule has 0 fully saturated rings. The van der Waals surface area contributed by atoms with Gasteiger partial charge in [-0.2, -0.15) is 0 Å². The first-order valence-corrected chi connectivity index (χ1v) is 7.31. The molecule has 0 N–H and O–H groups in total. The van der Waals surface area contributed by atoms with Gasteiger partial charge in [-0.05, 0) is 43.7 Å². The summed E-state index contributed by atoms with van der Waals surface area (Å²) in [6.07, 6.45) is -0.530. The van der Waals surface area contributed by atoms with Gasteiger partial charge in [-0.25, -0.2) is 9.59 Å². The Hall–Kier alpha value is -2.56. The maximum absolute atomic E-state index is 12.3. The molecule has 0 spiro atoms. The molecule has 0 saturated carbocycles. The van der Waals surface area contributed by atoms with Crippen LogP contribution in [0.1, 0.15) is 31.1 Å². The summed E-state index contributed by atoms with van der Waals surface area (Å²) in [6, 6.07) is 11.1. The fourth-order valence-electron chi connectivity index (χ4n) is 2.21. The molecule has 0 saturated heterocycles. The number of esters is 1. The summed E-state index contributed by atoms with van der Waals surface area (Å²) in [5, 5.41) is 1.82. The van der Waals surface area contributed by atoms with Gasteiger partial charge in [0, 0.05) is 7.05 Å². The van der Waals surface area contributed by atoms with Crippen LogP contribution in [0.15, 0.2) is 36.4 Å². The quantitative estimate of drug-likeness (QED) is 0.786. The smallest absolute Gasteiger partial charge is 0.414 e. The van der Waals surface area contributed by atoms with E-state index in [1.807, 2.05) is 24.3 Å². The predicted octanol–water partition coefficient (Wildman–Crippen LogP) is 4.00. The van der Waals surface area contributed by atoms with E-state index in [0.29, 0.717) is 11.3 Å². The third-order valence-electron chi connectivity index (χ3n) is 3.30. The van der Waals surface area contributed by atoms with Gasteiger partial charge in [0.2, 0.25) is 0 Å². The molecule has 0 aliphatic carbocycles. The van der Waals surface area contributed by atoms with Gasteiger partial charge in [-0.1, -0.05) is 24.3 Å². The highest BCUT2D eigenvalue weighted by atomic mass is 16.6. The minimum atomic E-state index is -0.617. The van der Waals surface area contributed by atoms with Crippen LogP contribution in [0.4, 0.5) is 10.5 Å². The van der Waals surface area contributed by atoms with Gasteiger partial charge >= 0.3 is 12.1 Å². The average Bonchev–Trinajstić information content (AvgIpc) is 2.50. The van der Waals surface area contributed by atoms with Crippen LogP contribution in [0.5, 0.6) is 0 Å². The maximum atomic E-state index is 12.3. The van der Waals surface area contributed by atoms with E-state index in [-0.39, 0.29) is 0 Å². The van der Waals surface area contributed by atoms with Gasteiger partial charge in [0.05, 0.1) is 18.4 Å². The molecule has 0 aliphatic rings. The van der Waals surface area contributed by atoms with Crippen LogP contribution in [0.2, 0.25) is 0 Å². The number of amides is 1. The summed E-state index contributed by atoms with van der Waals surface area (Å²) in [6.45, 7) is 5.38. The highest BCUT2D eigenvalue weighted by Crippen LogP contribution is 2.28. The molecule has 0 aromatic heterocycles. The van der Waals surface area contributed by atoms with Gasteiger partial charge in [0.25, 0.3) is 0 Å². The maximum Gasteiger partial charge on any atom is 0.414 e. The van der Waals surface area contributed by atoms with Crippen LogP contribution < -0.4 is 4.90 Å². The first kappa shape index (κ1) is 16.8. The Morgan fingerprint density at radius 2 is 1.61 bits per heavy atom. The SMILES string of the molecule is COC(=O)c1cc2ccccc2cc1N(C)C(=O)OC(C)(C)C. The van der Waals surface area contributed by atoms with E-state index in [0.717, 1.165) is 10.8 Å². The minimum absolute atomic E-state index is 0.319. The van der Waals surface area contributed by atoms with Gasteiger partial charge in [0.1, 0.15) is 5.60 Å². The van der Waals surface area contributed by atoms with Crippen molar-refractivity contribution in [2.24, 2.45) is 0 Å². The molecule has 2 aromatic carbocycles.